The van der Waals surface area contributed by atoms with Gasteiger partial charge in [-0.05, 0) is 22.0 Å². The molecule has 1 aromatic rings. The Kier molecular flexibility index (Phi) is 3.74. The number of hydrogen-bond acceptors (Lipinski definition) is 3. The molecule has 1 rings (SSSR count). The molecule has 0 aromatic carbocycles. The van der Waals surface area contributed by atoms with Gasteiger partial charge in [-0.1, -0.05) is 0 Å². The van der Waals surface area contributed by atoms with Gasteiger partial charge in [0.2, 0.25) is 0 Å². The molecule has 88 valence electrons. The molecule has 4 nitrogen and oxygen atoms in total. The number of aliphatic carboxylic acids is 1. The highest BCUT2D eigenvalue weighted by Gasteiger charge is 2.34. The summed E-state index contributed by atoms with van der Waals surface area (Å²) in [4.78, 5) is 13.7. The van der Waals surface area contributed by atoms with Crippen molar-refractivity contribution in [3.63, 3.8) is 0 Å². The Hall–Kier alpha value is -1.31. The summed E-state index contributed by atoms with van der Waals surface area (Å²) in [7, 11) is 0. The van der Waals surface area contributed by atoms with Crippen LogP contribution in [-0.2, 0) is 11.0 Å². The van der Waals surface area contributed by atoms with Crippen molar-refractivity contribution in [2.75, 3.05) is 11.9 Å². The van der Waals surface area contributed by atoms with Crippen LogP contribution in [0.2, 0.25) is 0 Å². The van der Waals surface area contributed by atoms with Crippen molar-refractivity contribution >= 4 is 27.7 Å². The first-order valence-corrected chi connectivity index (χ1v) is 4.78. The van der Waals surface area contributed by atoms with Gasteiger partial charge in [-0.25, -0.2) is 4.98 Å². The average molecular weight is 299 g/mol. The highest BCUT2D eigenvalue weighted by molar-refractivity contribution is 9.10. The van der Waals surface area contributed by atoms with Crippen LogP contribution in [0.3, 0.4) is 0 Å². The van der Waals surface area contributed by atoms with Crippen molar-refractivity contribution in [1.29, 1.82) is 0 Å². The molecular weight excluding hydrogens is 293 g/mol. The summed E-state index contributed by atoms with van der Waals surface area (Å²) in [6, 6.07) is 0.831. The van der Waals surface area contributed by atoms with E-state index in [9.17, 15) is 18.0 Å². The van der Waals surface area contributed by atoms with E-state index in [0.29, 0.717) is 0 Å². The van der Waals surface area contributed by atoms with Crippen molar-refractivity contribution in [3.8, 4) is 0 Å². The molecule has 0 bridgehead atoms. The monoisotopic (exact) mass is 298 g/mol. The number of halogens is 4. The standard InChI is InChI=1S/C8H6BrF3N2O2/c9-4-1-5(8(10,11)12)7(13-2-4)14-3-6(15)16/h1-2H,3H2,(H,13,14)(H,15,16). The lowest BCUT2D eigenvalue weighted by Gasteiger charge is -2.12. The van der Waals surface area contributed by atoms with Gasteiger partial charge in [0.05, 0.1) is 5.56 Å². The van der Waals surface area contributed by atoms with Crippen LogP contribution in [0.1, 0.15) is 5.56 Å². The number of anilines is 1. The molecule has 0 aliphatic rings. The molecule has 16 heavy (non-hydrogen) atoms. The van der Waals surface area contributed by atoms with Gasteiger partial charge in [-0.15, -0.1) is 0 Å². The molecule has 0 atom stereocenters. The van der Waals surface area contributed by atoms with Gasteiger partial charge in [0.1, 0.15) is 12.4 Å². The second-order valence-electron chi connectivity index (χ2n) is 2.79. The summed E-state index contributed by atoms with van der Waals surface area (Å²) in [6.07, 6.45) is -3.43. The Labute approximate surface area is 96.6 Å². The molecule has 0 radical (unpaired) electrons. The number of carboxylic acid groups (broad SMARTS) is 1. The molecule has 1 aromatic heterocycles. The van der Waals surface area contributed by atoms with Crippen LogP contribution in [-0.4, -0.2) is 22.6 Å². The molecule has 0 aliphatic carbocycles. The molecule has 0 fully saturated rings. The van der Waals surface area contributed by atoms with E-state index in [1.165, 1.54) is 0 Å². The third-order valence-corrected chi connectivity index (χ3v) is 2.00. The zero-order valence-corrected chi connectivity index (χ0v) is 9.26. The Bertz CT molecular complexity index is 409. The smallest absolute Gasteiger partial charge is 0.419 e. The number of carboxylic acids is 1. The lowest BCUT2D eigenvalue weighted by Crippen LogP contribution is -2.17. The summed E-state index contributed by atoms with van der Waals surface area (Å²) in [5.74, 6) is -1.77. The minimum Gasteiger partial charge on any atom is -0.480 e. The third kappa shape index (κ3) is 3.37. The predicted molar refractivity (Wildman–Crippen MR) is 53.1 cm³/mol. The van der Waals surface area contributed by atoms with E-state index in [1.54, 1.807) is 0 Å². The number of aromatic nitrogens is 1. The number of pyridine rings is 1. The summed E-state index contributed by atoms with van der Waals surface area (Å²) in [5, 5.41) is 10.4. The van der Waals surface area contributed by atoms with E-state index in [2.05, 4.69) is 26.2 Å². The Balaban J connectivity index is 3.03. The topological polar surface area (TPSA) is 62.2 Å². The fourth-order valence-electron chi connectivity index (χ4n) is 0.956. The van der Waals surface area contributed by atoms with Crippen LogP contribution in [0.4, 0.5) is 19.0 Å². The van der Waals surface area contributed by atoms with E-state index in [0.717, 1.165) is 12.3 Å². The first-order valence-electron chi connectivity index (χ1n) is 3.99. The second kappa shape index (κ2) is 4.69. The Morgan fingerprint density at radius 1 is 1.56 bits per heavy atom. The zero-order valence-electron chi connectivity index (χ0n) is 7.68. The molecule has 0 aliphatic heterocycles. The van der Waals surface area contributed by atoms with Gasteiger partial charge < -0.3 is 10.4 Å². The minimum absolute atomic E-state index is 0.167. The van der Waals surface area contributed by atoms with E-state index in [-0.39, 0.29) is 4.47 Å². The van der Waals surface area contributed by atoms with Gasteiger partial charge >= 0.3 is 12.1 Å². The van der Waals surface area contributed by atoms with Crippen molar-refractivity contribution in [3.05, 3.63) is 22.3 Å². The minimum atomic E-state index is -4.59. The number of nitrogens with zero attached hydrogens (tertiary/aromatic N) is 1. The molecule has 0 spiro atoms. The maximum absolute atomic E-state index is 12.5. The van der Waals surface area contributed by atoms with Crippen LogP contribution in [0.5, 0.6) is 0 Å². The van der Waals surface area contributed by atoms with Crippen LogP contribution in [0.25, 0.3) is 0 Å². The molecule has 0 unspecified atom stereocenters. The van der Waals surface area contributed by atoms with Gasteiger partial charge in [0, 0.05) is 10.7 Å². The number of nitrogens with one attached hydrogen (secondary N) is 1. The van der Waals surface area contributed by atoms with E-state index >= 15 is 0 Å². The number of carbonyl (C=O) groups is 1. The van der Waals surface area contributed by atoms with E-state index < -0.39 is 30.1 Å². The van der Waals surface area contributed by atoms with Gasteiger partial charge in [0.15, 0.2) is 0 Å². The van der Waals surface area contributed by atoms with Gasteiger partial charge in [0.25, 0.3) is 0 Å². The van der Waals surface area contributed by atoms with Crippen molar-refractivity contribution < 1.29 is 23.1 Å². The number of alkyl halides is 3. The first kappa shape index (κ1) is 12.8. The summed E-state index contributed by atoms with van der Waals surface area (Å²) in [6.45, 7) is -0.627. The largest absolute Gasteiger partial charge is 0.480 e. The van der Waals surface area contributed by atoms with Gasteiger partial charge in [-0.3, -0.25) is 4.79 Å². The van der Waals surface area contributed by atoms with Crippen LogP contribution >= 0.6 is 15.9 Å². The van der Waals surface area contributed by atoms with E-state index in [1.807, 2.05) is 0 Å². The summed E-state index contributed by atoms with van der Waals surface area (Å²) < 4.78 is 37.7. The summed E-state index contributed by atoms with van der Waals surface area (Å²) in [5.41, 5.74) is -1.01. The molecule has 2 N–H and O–H groups in total. The number of rotatable bonds is 3. The fraction of sp³-hybridized carbons (Fsp3) is 0.250. The Morgan fingerprint density at radius 2 is 2.19 bits per heavy atom. The van der Waals surface area contributed by atoms with Crippen molar-refractivity contribution in [2.45, 2.75) is 6.18 Å². The average Bonchev–Trinajstić information content (AvgIpc) is 2.14. The molecular formula is C8H6BrF3N2O2. The van der Waals surface area contributed by atoms with Crippen molar-refractivity contribution in [1.82, 2.24) is 4.98 Å². The molecule has 0 amide bonds. The lowest BCUT2D eigenvalue weighted by molar-refractivity contribution is -0.138. The highest BCUT2D eigenvalue weighted by Crippen LogP contribution is 2.35. The molecule has 8 heteroatoms. The second-order valence-corrected chi connectivity index (χ2v) is 3.71. The molecule has 1 heterocycles. The maximum atomic E-state index is 12.5. The number of hydrogen-bond donors (Lipinski definition) is 2. The molecule has 0 saturated carbocycles. The lowest BCUT2D eigenvalue weighted by atomic mass is 10.2. The SMILES string of the molecule is O=C(O)CNc1ncc(Br)cc1C(F)(F)F. The normalized spacial score (nSPS) is 11.2. The third-order valence-electron chi connectivity index (χ3n) is 1.57. The first-order chi connectivity index (χ1) is 7.30. The predicted octanol–water partition coefficient (Wildman–Crippen LogP) is 2.36. The van der Waals surface area contributed by atoms with Crippen LogP contribution < -0.4 is 5.32 Å². The fourth-order valence-corrected chi connectivity index (χ4v) is 1.29. The van der Waals surface area contributed by atoms with Gasteiger partial charge in [-0.2, -0.15) is 13.2 Å². The summed E-state index contributed by atoms with van der Waals surface area (Å²) >= 11 is 2.86. The van der Waals surface area contributed by atoms with Crippen LogP contribution in [0, 0.1) is 0 Å². The highest BCUT2D eigenvalue weighted by atomic mass is 79.9. The van der Waals surface area contributed by atoms with Crippen molar-refractivity contribution in [2.24, 2.45) is 0 Å². The van der Waals surface area contributed by atoms with E-state index in [4.69, 9.17) is 5.11 Å². The van der Waals surface area contributed by atoms with Crippen LogP contribution in [0.15, 0.2) is 16.7 Å². The molecule has 0 saturated heterocycles. The zero-order chi connectivity index (χ0) is 12.3. The Morgan fingerprint density at radius 3 is 2.69 bits per heavy atom. The maximum Gasteiger partial charge on any atom is 0.419 e. The quantitative estimate of drug-likeness (QED) is 0.899.